The van der Waals surface area contributed by atoms with Crippen molar-refractivity contribution >= 4 is 9.84 Å². The molecule has 0 amide bonds. The lowest BCUT2D eigenvalue weighted by Crippen LogP contribution is -2.15. The summed E-state index contributed by atoms with van der Waals surface area (Å²) in [4.78, 5) is 6.88. The molecule has 1 rings (SSSR count). The van der Waals surface area contributed by atoms with Gasteiger partial charge < -0.3 is 0 Å². The molecule has 65 valence electrons. The number of hydrogen-bond acceptors (Lipinski definition) is 4. The van der Waals surface area contributed by atoms with Gasteiger partial charge in [0.15, 0.2) is 5.44 Å². The maximum Gasteiger partial charge on any atom is 0.211 e. The first-order valence-corrected chi connectivity index (χ1v) is 4.74. The zero-order valence-electron chi connectivity index (χ0n) is 6.34. The summed E-state index contributed by atoms with van der Waals surface area (Å²) in [6.07, 6.45) is 3.42. The summed E-state index contributed by atoms with van der Waals surface area (Å²) in [6, 6.07) is 0. The van der Waals surface area contributed by atoms with Crippen molar-refractivity contribution in [3.05, 3.63) is 18.7 Å². The molecule has 0 aromatic carbocycles. The Kier molecular flexibility index (Phi) is 2.39. The highest BCUT2D eigenvalue weighted by Crippen LogP contribution is 2.11. The summed E-state index contributed by atoms with van der Waals surface area (Å²) in [6.45, 7) is 1.07. The van der Waals surface area contributed by atoms with Crippen molar-refractivity contribution in [1.82, 2.24) is 9.97 Å². The second-order valence-electron chi connectivity index (χ2n) is 2.19. The highest BCUT2D eigenvalue weighted by Gasteiger charge is 2.22. The van der Waals surface area contributed by atoms with Crippen LogP contribution in [0.5, 0.6) is 0 Å². The van der Waals surface area contributed by atoms with Gasteiger partial charge in [-0.05, 0) is 6.92 Å². The van der Waals surface area contributed by atoms with E-state index in [4.69, 9.17) is 0 Å². The molecule has 0 aliphatic rings. The predicted octanol–water partition coefficient (Wildman–Crippen LogP) is 0.0268. The minimum Gasteiger partial charge on any atom is -0.243 e. The average Bonchev–Trinajstić information content (AvgIpc) is 2.06. The van der Waals surface area contributed by atoms with Crippen LogP contribution in [0.15, 0.2) is 23.6 Å². The molecular weight excluding hydrogens is 180 g/mol. The van der Waals surface area contributed by atoms with Gasteiger partial charge in [0.2, 0.25) is 9.84 Å². The van der Waals surface area contributed by atoms with Crippen molar-refractivity contribution < 1.29 is 13.5 Å². The molecular formula is C6H7N2O3S. The second kappa shape index (κ2) is 3.16. The smallest absolute Gasteiger partial charge is 0.211 e. The Labute approximate surface area is 70.0 Å². The Morgan fingerprint density at radius 2 is 1.83 bits per heavy atom. The Bertz CT molecular complexity index is 346. The minimum atomic E-state index is -3.76. The van der Waals surface area contributed by atoms with Gasteiger partial charge in [0, 0.05) is 12.4 Å². The largest absolute Gasteiger partial charge is 0.243 e. The van der Waals surface area contributed by atoms with Gasteiger partial charge in [0.1, 0.15) is 11.2 Å². The van der Waals surface area contributed by atoms with Gasteiger partial charge in [-0.3, -0.25) is 0 Å². The third kappa shape index (κ3) is 1.59. The summed E-state index contributed by atoms with van der Waals surface area (Å²) in [5.41, 5.74) is -1.68. The van der Waals surface area contributed by atoms with Crippen molar-refractivity contribution in [1.29, 1.82) is 0 Å². The Morgan fingerprint density at radius 3 is 2.25 bits per heavy atom. The Morgan fingerprint density at radius 1 is 1.33 bits per heavy atom. The lowest BCUT2D eigenvalue weighted by Gasteiger charge is -2.02. The van der Waals surface area contributed by atoms with Gasteiger partial charge in [-0.2, -0.15) is 0 Å². The van der Waals surface area contributed by atoms with Crippen molar-refractivity contribution in [2.75, 3.05) is 0 Å². The third-order valence-corrected chi connectivity index (χ3v) is 3.04. The summed E-state index contributed by atoms with van der Waals surface area (Å²) in [5.74, 6) is 0. The zero-order valence-corrected chi connectivity index (χ0v) is 7.15. The molecule has 0 spiro atoms. The fourth-order valence-corrected chi connectivity index (χ4v) is 1.42. The number of rotatable bonds is 2. The molecule has 1 heterocycles. The van der Waals surface area contributed by atoms with E-state index in [9.17, 15) is 13.5 Å². The van der Waals surface area contributed by atoms with Crippen LogP contribution in [0.2, 0.25) is 0 Å². The van der Waals surface area contributed by atoms with Crippen LogP contribution in [-0.2, 0) is 14.9 Å². The molecule has 6 heteroatoms. The van der Waals surface area contributed by atoms with Crippen LogP contribution < -0.4 is 0 Å². The molecule has 0 saturated carbocycles. The molecule has 12 heavy (non-hydrogen) atoms. The fraction of sp³-hybridized carbons (Fsp3) is 0.333. The topological polar surface area (TPSA) is 79.8 Å². The number of aromatic nitrogens is 2. The van der Waals surface area contributed by atoms with Gasteiger partial charge in [-0.1, -0.05) is 0 Å². The van der Waals surface area contributed by atoms with E-state index in [1.54, 1.807) is 0 Å². The maximum atomic E-state index is 11.1. The van der Waals surface area contributed by atoms with Crippen LogP contribution in [0, 0.1) is 0 Å². The molecule has 0 N–H and O–H groups in total. The standard InChI is InChI=1S/C6H7N2O3S/c1-5(9)12(10,11)6-2-7-4-8-3-6/h2-5H,1H3. The molecule has 0 aliphatic carbocycles. The average molecular weight is 187 g/mol. The van der Waals surface area contributed by atoms with E-state index in [0.29, 0.717) is 0 Å². The summed E-state index contributed by atoms with van der Waals surface area (Å²) in [5, 5.41) is 10.7. The van der Waals surface area contributed by atoms with Crippen LogP contribution >= 0.6 is 0 Å². The van der Waals surface area contributed by atoms with Crippen molar-refractivity contribution in [3.8, 4) is 0 Å². The van der Waals surface area contributed by atoms with Gasteiger partial charge in [0.05, 0.1) is 0 Å². The molecule has 1 atom stereocenters. The number of nitrogens with zero attached hydrogens (tertiary/aromatic N) is 2. The monoisotopic (exact) mass is 187 g/mol. The van der Waals surface area contributed by atoms with E-state index in [-0.39, 0.29) is 4.90 Å². The van der Waals surface area contributed by atoms with E-state index in [0.717, 1.165) is 19.3 Å². The molecule has 1 radical (unpaired) electrons. The van der Waals surface area contributed by atoms with E-state index in [1.807, 2.05) is 0 Å². The Balaban J connectivity index is 3.17. The SMILES string of the molecule is CC([O])S(=O)(=O)c1cncnc1. The van der Waals surface area contributed by atoms with Crippen molar-refractivity contribution in [3.63, 3.8) is 0 Å². The van der Waals surface area contributed by atoms with Gasteiger partial charge in [0.25, 0.3) is 0 Å². The van der Waals surface area contributed by atoms with E-state index >= 15 is 0 Å². The van der Waals surface area contributed by atoms with E-state index < -0.39 is 15.3 Å². The molecule has 0 saturated heterocycles. The predicted molar refractivity (Wildman–Crippen MR) is 39.4 cm³/mol. The van der Waals surface area contributed by atoms with Crippen LogP contribution in [0.4, 0.5) is 0 Å². The molecule has 0 bridgehead atoms. The molecule has 5 nitrogen and oxygen atoms in total. The minimum absolute atomic E-state index is 0.132. The van der Waals surface area contributed by atoms with Gasteiger partial charge >= 0.3 is 0 Å². The summed E-state index contributed by atoms with van der Waals surface area (Å²) >= 11 is 0. The lowest BCUT2D eigenvalue weighted by atomic mass is 10.7. The first-order chi connectivity index (χ1) is 5.55. The number of sulfone groups is 1. The molecule has 0 aliphatic heterocycles. The number of hydrogen-bond donors (Lipinski definition) is 0. The van der Waals surface area contributed by atoms with Crippen molar-refractivity contribution in [2.24, 2.45) is 0 Å². The molecule has 1 unspecified atom stereocenters. The van der Waals surface area contributed by atoms with Gasteiger partial charge in [-0.25, -0.2) is 23.5 Å². The third-order valence-electron chi connectivity index (χ3n) is 1.30. The molecule has 1 aromatic heterocycles. The van der Waals surface area contributed by atoms with Gasteiger partial charge in [-0.15, -0.1) is 0 Å². The lowest BCUT2D eigenvalue weighted by molar-refractivity contribution is 0.170. The first-order valence-electron chi connectivity index (χ1n) is 3.20. The maximum absolute atomic E-state index is 11.1. The van der Waals surface area contributed by atoms with E-state index in [2.05, 4.69) is 9.97 Å². The Hall–Kier alpha value is -1.01. The quantitative estimate of drug-likeness (QED) is 0.654. The van der Waals surface area contributed by atoms with Crippen LogP contribution in [0.1, 0.15) is 6.92 Å². The second-order valence-corrected chi connectivity index (χ2v) is 4.41. The fourth-order valence-electron chi connectivity index (χ4n) is 0.624. The molecule has 1 aromatic rings. The first kappa shape index (κ1) is 9.08. The summed E-state index contributed by atoms with van der Waals surface area (Å²) < 4.78 is 22.3. The highest BCUT2D eigenvalue weighted by atomic mass is 32.2. The van der Waals surface area contributed by atoms with E-state index in [1.165, 1.54) is 6.33 Å². The zero-order chi connectivity index (χ0) is 9.19. The van der Waals surface area contributed by atoms with Crippen molar-refractivity contribution in [2.45, 2.75) is 17.3 Å². The van der Waals surface area contributed by atoms with Crippen LogP contribution in [0.25, 0.3) is 0 Å². The van der Waals surface area contributed by atoms with Crippen LogP contribution in [-0.4, -0.2) is 23.8 Å². The van der Waals surface area contributed by atoms with Crippen LogP contribution in [0.3, 0.4) is 0 Å². The highest BCUT2D eigenvalue weighted by molar-refractivity contribution is 7.91. The molecule has 0 fully saturated rings. The summed E-state index contributed by atoms with van der Waals surface area (Å²) in [7, 11) is -3.76. The normalized spacial score (nSPS) is 14.2.